The summed E-state index contributed by atoms with van der Waals surface area (Å²) < 4.78 is 9.32. The largest absolute Gasteiger partial charge is 0.419 e. The van der Waals surface area contributed by atoms with Crippen LogP contribution in [0.15, 0.2) is 69.1 Å². The SMILES string of the molecule is O=c1oc2ccccc2n1CCCSc1nnc(-c2c[nH]c3ccccc23)n1C1CC1. The van der Waals surface area contributed by atoms with Crippen LogP contribution in [0.4, 0.5) is 0 Å². The van der Waals surface area contributed by atoms with Gasteiger partial charge in [0, 0.05) is 41.0 Å². The van der Waals surface area contributed by atoms with Crippen molar-refractivity contribution >= 4 is 33.8 Å². The molecule has 7 nitrogen and oxygen atoms in total. The normalized spacial score (nSPS) is 14.1. The molecule has 156 valence electrons. The van der Waals surface area contributed by atoms with Gasteiger partial charge in [0.2, 0.25) is 0 Å². The summed E-state index contributed by atoms with van der Waals surface area (Å²) in [5.41, 5.74) is 3.69. The summed E-state index contributed by atoms with van der Waals surface area (Å²) in [4.78, 5) is 15.5. The Hall–Kier alpha value is -3.26. The number of oxazole rings is 1. The zero-order chi connectivity index (χ0) is 20.8. The lowest BCUT2D eigenvalue weighted by Crippen LogP contribution is -2.14. The molecule has 3 aromatic heterocycles. The van der Waals surface area contributed by atoms with Gasteiger partial charge >= 0.3 is 5.76 Å². The molecule has 0 radical (unpaired) electrons. The first-order valence-corrected chi connectivity index (χ1v) is 11.5. The van der Waals surface area contributed by atoms with Crippen molar-refractivity contribution in [3.8, 4) is 11.4 Å². The second-order valence-corrected chi connectivity index (χ2v) is 8.91. The van der Waals surface area contributed by atoms with Crippen molar-refractivity contribution < 1.29 is 4.42 Å². The number of hydrogen-bond acceptors (Lipinski definition) is 5. The highest BCUT2D eigenvalue weighted by Gasteiger charge is 2.30. The van der Waals surface area contributed by atoms with Crippen molar-refractivity contribution in [2.45, 2.75) is 37.0 Å². The molecule has 0 spiro atoms. The van der Waals surface area contributed by atoms with Crippen LogP contribution in [0, 0.1) is 0 Å². The zero-order valence-electron chi connectivity index (χ0n) is 16.8. The van der Waals surface area contributed by atoms with Gasteiger partial charge in [-0.15, -0.1) is 10.2 Å². The molecular formula is C23H21N5O2S. The Balaban J connectivity index is 1.21. The molecule has 2 aromatic carbocycles. The summed E-state index contributed by atoms with van der Waals surface area (Å²) in [6.45, 7) is 0.621. The van der Waals surface area contributed by atoms with Gasteiger partial charge in [-0.05, 0) is 37.5 Å². The van der Waals surface area contributed by atoms with E-state index in [9.17, 15) is 4.79 Å². The number of aryl methyl sites for hydroxylation is 1. The van der Waals surface area contributed by atoms with E-state index >= 15 is 0 Å². The fourth-order valence-electron chi connectivity index (χ4n) is 4.09. The maximum absolute atomic E-state index is 12.2. The van der Waals surface area contributed by atoms with Crippen LogP contribution in [0.3, 0.4) is 0 Å². The zero-order valence-corrected chi connectivity index (χ0v) is 17.6. The predicted molar refractivity (Wildman–Crippen MR) is 121 cm³/mol. The third-order valence-corrected chi connectivity index (χ3v) is 6.77. The number of fused-ring (bicyclic) bond motifs is 2. The molecule has 0 unspecified atom stereocenters. The van der Waals surface area contributed by atoms with Crippen molar-refractivity contribution in [2.24, 2.45) is 0 Å². The summed E-state index contributed by atoms with van der Waals surface area (Å²) in [5.74, 6) is 1.48. The number of nitrogens with zero attached hydrogens (tertiary/aromatic N) is 4. The highest BCUT2D eigenvalue weighted by atomic mass is 32.2. The highest BCUT2D eigenvalue weighted by molar-refractivity contribution is 7.99. The van der Waals surface area contributed by atoms with Crippen molar-refractivity contribution in [3.05, 3.63) is 65.3 Å². The van der Waals surface area contributed by atoms with Crippen LogP contribution >= 0.6 is 11.8 Å². The van der Waals surface area contributed by atoms with Gasteiger partial charge in [0.15, 0.2) is 16.6 Å². The molecule has 0 saturated heterocycles. The molecule has 31 heavy (non-hydrogen) atoms. The monoisotopic (exact) mass is 431 g/mol. The van der Waals surface area contributed by atoms with E-state index in [-0.39, 0.29) is 5.76 Å². The second kappa shape index (κ2) is 7.46. The number of thioether (sulfide) groups is 1. The molecule has 1 saturated carbocycles. The molecule has 1 N–H and O–H groups in total. The Bertz CT molecular complexity index is 1440. The van der Waals surface area contributed by atoms with Crippen LogP contribution < -0.4 is 5.76 Å². The minimum absolute atomic E-state index is 0.297. The van der Waals surface area contributed by atoms with Gasteiger partial charge in [0.25, 0.3) is 0 Å². The van der Waals surface area contributed by atoms with E-state index in [1.807, 2.05) is 36.5 Å². The van der Waals surface area contributed by atoms with Crippen LogP contribution in [-0.2, 0) is 6.54 Å². The van der Waals surface area contributed by atoms with Crippen molar-refractivity contribution in [1.82, 2.24) is 24.3 Å². The van der Waals surface area contributed by atoms with E-state index in [4.69, 9.17) is 4.42 Å². The molecule has 1 fully saturated rings. The van der Waals surface area contributed by atoms with Crippen molar-refractivity contribution in [2.75, 3.05) is 5.75 Å². The summed E-state index contributed by atoms with van der Waals surface area (Å²) in [5, 5.41) is 11.2. The van der Waals surface area contributed by atoms with E-state index in [2.05, 4.69) is 37.9 Å². The van der Waals surface area contributed by atoms with Gasteiger partial charge in [-0.2, -0.15) is 0 Å². The molecular weight excluding hydrogens is 410 g/mol. The van der Waals surface area contributed by atoms with E-state index < -0.39 is 0 Å². The summed E-state index contributed by atoms with van der Waals surface area (Å²) in [6, 6.07) is 16.3. The lowest BCUT2D eigenvalue weighted by Gasteiger charge is -2.08. The first kappa shape index (κ1) is 18.5. The fourth-order valence-corrected chi connectivity index (χ4v) is 5.02. The van der Waals surface area contributed by atoms with Crippen LogP contribution in [0.1, 0.15) is 25.3 Å². The molecule has 0 atom stereocenters. The Kier molecular flexibility index (Phi) is 4.45. The van der Waals surface area contributed by atoms with Gasteiger partial charge in [0.05, 0.1) is 5.52 Å². The molecule has 1 aliphatic carbocycles. The first-order valence-electron chi connectivity index (χ1n) is 10.5. The van der Waals surface area contributed by atoms with Crippen LogP contribution in [-0.4, -0.2) is 30.1 Å². The third kappa shape index (κ3) is 3.27. The van der Waals surface area contributed by atoms with Gasteiger partial charge < -0.3 is 9.40 Å². The summed E-state index contributed by atoms with van der Waals surface area (Å²) in [7, 11) is 0. The Morgan fingerprint density at radius 1 is 1.10 bits per heavy atom. The number of para-hydroxylation sites is 3. The third-order valence-electron chi connectivity index (χ3n) is 5.74. The topological polar surface area (TPSA) is 81.6 Å². The Labute approximate surface area is 182 Å². The number of hydrogen-bond donors (Lipinski definition) is 1. The second-order valence-electron chi connectivity index (χ2n) is 7.84. The molecule has 1 aliphatic rings. The smallest absolute Gasteiger partial charge is 0.408 e. The minimum atomic E-state index is -0.297. The first-order chi connectivity index (χ1) is 15.3. The van der Waals surface area contributed by atoms with Crippen molar-refractivity contribution in [1.29, 1.82) is 0 Å². The molecule has 5 aromatic rings. The number of rotatable bonds is 7. The summed E-state index contributed by atoms with van der Waals surface area (Å²) >= 11 is 1.71. The van der Waals surface area contributed by atoms with E-state index in [0.29, 0.717) is 18.2 Å². The van der Waals surface area contributed by atoms with E-state index in [0.717, 1.165) is 52.6 Å². The van der Waals surface area contributed by atoms with Gasteiger partial charge in [-0.3, -0.25) is 9.13 Å². The number of H-pyrrole nitrogens is 1. The predicted octanol–water partition coefficient (Wildman–Crippen LogP) is 4.85. The highest BCUT2D eigenvalue weighted by Crippen LogP contribution is 2.42. The van der Waals surface area contributed by atoms with Gasteiger partial charge in [0.1, 0.15) is 0 Å². The van der Waals surface area contributed by atoms with E-state index in [1.165, 1.54) is 5.39 Å². The maximum Gasteiger partial charge on any atom is 0.419 e. The van der Waals surface area contributed by atoms with E-state index in [1.54, 1.807) is 16.3 Å². The van der Waals surface area contributed by atoms with Crippen LogP contribution in [0.5, 0.6) is 0 Å². The standard InChI is InChI=1S/C23H21N5O2S/c29-23-27(19-8-3-4-9-20(19)30-23)12-5-13-31-22-26-25-21(28(22)15-10-11-15)17-14-24-18-7-2-1-6-16(17)18/h1-4,6-9,14-15,24H,5,10-13H2. The van der Waals surface area contributed by atoms with Crippen LogP contribution in [0.25, 0.3) is 33.4 Å². The van der Waals surface area contributed by atoms with Crippen LogP contribution in [0.2, 0.25) is 0 Å². The molecule has 0 bridgehead atoms. The Morgan fingerprint density at radius 3 is 2.84 bits per heavy atom. The lowest BCUT2D eigenvalue weighted by atomic mass is 10.1. The quantitative estimate of drug-likeness (QED) is 0.294. The van der Waals surface area contributed by atoms with Gasteiger partial charge in [-0.1, -0.05) is 42.1 Å². The number of nitrogens with one attached hydrogen (secondary N) is 1. The Morgan fingerprint density at radius 2 is 1.94 bits per heavy atom. The fraction of sp³-hybridized carbons (Fsp3) is 0.261. The number of aromatic amines is 1. The molecule has 0 amide bonds. The van der Waals surface area contributed by atoms with Crippen molar-refractivity contribution in [3.63, 3.8) is 0 Å². The molecule has 3 heterocycles. The number of aromatic nitrogens is 5. The summed E-state index contributed by atoms with van der Waals surface area (Å²) in [6.07, 6.45) is 5.20. The molecule has 6 rings (SSSR count). The van der Waals surface area contributed by atoms with Gasteiger partial charge in [-0.25, -0.2) is 4.79 Å². The average Bonchev–Trinajstić information content (AvgIpc) is 3.26. The lowest BCUT2D eigenvalue weighted by molar-refractivity contribution is 0.503. The number of benzene rings is 2. The molecule has 0 aliphatic heterocycles. The minimum Gasteiger partial charge on any atom is -0.408 e. The maximum atomic E-state index is 12.2. The molecule has 8 heteroatoms. The average molecular weight is 432 g/mol.